The van der Waals surface area contributed by atoms with Gasteiger partial charge in [-0.05, 0) is 17.7 Å². The van der Waals surface area contributed by atoms with Gasteiger partial charge in [0.15, 0.2) is 0 Å². The molecule has 1 amide bonds. The first kappa shape index (κ1) is 23.2. The van der Waals surface area contributed by atoms with Crippen molar-refractivity contribution in [3.8, 4) is 11.3 Å². The summed E-state index contributed by atoms with van der Waals surface area (Å²) in [6.45, 7) is 3.97. The van der Waals surface area contributed by atoms with Gasteiger partial charge >= 0.3 is 0 Å². The normalized spacial score (nSPS) is 12.5. The number of carbonyl (C=O) groups excluding carboxylic acids is 1. The summed E-state index contributed by atoms with van der Waals surface area (Å²) < 4.78 is 16.5. The summed E-state index contributed by atoms with van der Waals surface area (Å²) >= 11 is 3.51. The fraction of sp³-hybridized carbons (Fsp3) is 0.292. The molecule has 0 aliphatic rings. The topological polar surface area (TPSA) is 72.9 Å². The molecular weight excluding hydrogens is 459 g/mol. The van der Waals surface area contributed by atoms with Crippen LogP contribution in [0.4, 0.5) is 4.39 Å². The Morgan fingerprint density at radius 2 is 2.00 bits per heavy atom. The molecule has 3 aromatic rings. The van der Waals surface area contributed by atoms with Crippen LogP contribution in [0, 0.1) is 11.8 Å². The zero-order chi connectivity index (χ0) is 22.4. The molecule has 0 unspecified atom stereocenters. The maximum Gasteiger partial charge on any atom is 0.226 e. The van der Waals surface area contributed by atoms with Crippen LogP contribution >= 0.6 is 15.9 Å². The highest BCUT2D eigenvalue weighted by Gasteiger charge is 2.31. The second-order valence-corrected chi connectivity index (χ2v) is 8.93. The first-order chi connectivity index (χ1) is 14.8. The minimum atomic E-state index is -1.26. The first-order valence-corrected chi connectivity index (χ1v) is 10.9. The monoisotopic (exact) mass is 485 g/mol. The molecule has 1 aromatic heterocycles. The van der Waals surface area contributed by atoms with Crippen LogP contribution in [0.2, 0.25) is 0 Å². The van der Waals surface area contributed by atoms with Crippen molar-refractivity contribution in [1.82, 2.24) is 14.9 Å². The first-order valence-electron chi connectivity index (χ1n) is 10.1. The highest BCUT2D eigenvalue weighted by Crippen LogP contribution is 2.28. The number of imidazole rings is 1. The highest BCUT2D eigenvalue weighted by molar-refractivity contribution is 9.10. The molecule has 31 heavy (non-hydrogen) atoms. The molecule has 0 bridgehead atoms. The van der Waals surface area contributed by atoms with Crippen molar-refractivity contribution in [2.45, 2.75) is 26.6 Å². The van der Waals surface area contributed by atoms with Crippen LogP contribution in [0.1, 0.15) is 25.2 Å². The molecule has 0 aliphatic heterocycles. The molecule has 3 rings (SSSR count). The van der Waals surface area contributed by atoms with Gasteiger partial charge in [0, 0.05) is 35.7 Å². The summed E-state index contributed by atoms with van der Waals surface area (Å²) in [6, 6.07) is 18.0. The second-order valence-electron chi connectivity index (χ2n) is 8.02. The molecule has 0 aliphatic carbocycles. The molecule has 1 atom stereocenters. The van der Waals surface area contributed by atoms with Crippen LogP contribution in [0.25, 0.3) is 11.3 Å². The average Bonchev–Trinajstić information content (AvgIpc) is 3.14. The van der Waals surface area contributed by atoms with E-state index in [9.17, 15) is 9.18 Å². The van der Waals surface area contributed by atoms with Crippen LogP contribution in [-0.4, -0.2) is 34.7 Å². The van der Waals surface area contributed by atoms with E-state index >= 15 is 0 Å². The van der Waals surface area contributed by atoms with Gasteiger partial charge in [0.2, 0.25) is 5.91 Å². The minimum absolute atomic E-state index is 0.103. The number of hydrogen-bond donors (Lipinski definition) is 2. The molecule has 7 heteroatoms. The Hall–Kier alpha value is -2.51. The Kier molecular flexibility index (Phi) is 7.62. The van der Waals surface area contributed by atoms with Gasteiger partial charge in [0.25, 0.3) is 0 Å². The average molecular weight is 486 g/mol. The van der Waals surface area contributed by atoms with E-state index < -0.39 is 11.6 Å². The third kappa shape index (κ3) is 6.24. The molecule has 3 N–H and O–H groups in total. The van der Waals surface area contributed by atoms with Crippen LogP contribution in [0.3, 0.4) is 0 Å². The summed E-state index contributed by atoms with van der Waals surface area (Å²) in [5.41, 5.74) is 7.33. The van der Waals surface area contributed by atoms with Gasteiger partial charge in [-0.15, -0.1) is 0 Å². The maximum absolute atomic E-state index is 13.5. The van der Waals surface area contributed by atoms with Crippen LogP contribution in [0.15, 0.2) is 65.3 Å². The number of amides is 1. The van der Waals surface area contributed by atoms with Gasteiger partial charge in [0.1, 0.15) is 12.0 Å². The smallest absolute Gasteiger partial charge is 0.226 e. The largest absolute Gasteiger partial charge is 0.353 e. The highest BCUT2D eigenvalue weighted by atomic mass is 79.9. The Morgan fingerprint density at radius 1 is 1.26 bits per heavy atom. The predicted octanol–water partition coefficient (Wildman–Crippen LogP) is 4.35. The molecule has 0 saturated heterocycles. The molecule has 163 valence electrons. The van der Waals surface area contributed by atoms with Gasteiger partial charge in [0.05, 0.1) is 17.7 Å². The Bertz CT molecular complexity index is 1020. The van der Waals surface area contributed by atoms with Crippen molar-refractivity contribution in [2.24, 2.45) is 11.1 Å². The van der Waals surface area contributed by atoms with Gasteiger partial charge in [-0.1, -0.05) is 72.2 Å². The number of nitrogens with zero attached hydrogens (tertiary/aromatic N) is 2. The van der Waals surface area contributed by atoms with E-state index in [1.165, 1.54) is 0 Å². The van der Waals surface area contributed by atoms with Crippen LogP contribution in [0.5, 0.6) is 0 Å². The number of halogens is 2. The van der Waals surface area contributed by atoms with E-state index in [1.54, 1.807) is 13.8 Å². The van der Waals surface area contributed by atoms with E-state index in [0.717, 1.165) is 21.3 Å². The lowest BCUT2D eigenvalue weighted by atomic mass is 9.87. The van der Waals surface area contributed by atoms with E-state index in [0.29, 0.717) is 12.4 Å². The zero-order valence-electron chi connectivity index (χ0n) is 17.7. The number of nitrogens with one attached hydrogen (secondary N) is 1. The second kappa shape index (κ2) is 10.2. The van der Waals surface area contributed by atoms with Gasteiger partial charge in [-0.2, -0.15) is 0 Å². The maximum atomic E-state index is 13.5. The molecule has 2 aromatic carbocycles. The van der Waals surface area contributed by atoms with Gasteiger partial charge in [-0.25, -0.2) is 9.37 Å². The Balaban J connectivity index is 1.88. The standard InChI is InChI=1S/C24H27BrFN4O/c1-24(2,23(31)28-14-20(26)13-27)12-22-29-21(18-9-6-10-19(25)11-18)16-30(22)15-17-7-4-3-5-8-17/h3-12,16,20H,13-15,27H2,1-2H3,(H,28,31)/t20-/m1/s1. The van der Waals surface area contributed by atoms with E-state index in [1.807, 2.05) is 59.6 Å². The molecule has 0 fully saturated rings. The Labute approximate surface area is 191 Å². The molecule has 1 heterocycles. The summed E-state index contributed by atoms with van der Waals surface area (Å²) in [4.78, 5) is 17.5. The molecule has 1 radical (unpaired) electrons. The van der Waals surface area contributed by atoms with Crippen molar-refractivity contribution in [3.05, 3.63) is 83.1 Å². The fourth-order valence-corrected chi connectivity index (χ4v) is 3.54. The van der Waals surface area contributed by atoms with Crippen molar-refractivity contribution in [2.75, 3.05) is 13.1 Å². The zero-order valence-corrected chi connectivity index (χ0v) is 19.3. The van der Waals surface area contributed by atoms with Crippen molar-refractivity contribution >= 4 is 21.8 Å². The van der Waals surface area contributed by atoms with Crippen molar-refractivity contribution < 1.29 is 9.18 Å². The Morgan fingerprint density at radius 3 is 2.68 bits per heavy atom. The quantitative estimate of drug-likeness (QED) is 0.473. The van der Waals surface area contributed by atoms with E-state index in [4.69, 9.17) is 10.7 Å². The number of alkyl halides is 1. The predicted molar refractivity (Wildman–Crippen MR) is 125 cm³/mol. The summed E-state index contributed by atoms with van der Waals surface area (Å²) in [5, 5.41) is 2.64. The third-order valence-corrected chi connectivity index (χ3v) is 5.43. The molecule has 0 spiro atoms. The van der Waals surface area contributed by atoms with E-state index in [-0.39, 0.29) is 19.0 Å². The number of rotatable bonds is 9. The number of nitrogens with two attached hydrogens (primary N) is 1. The molecule has 0 saturated carbocycles. The third-order valence-electron chi connectivity index (χ3n) is 4.94. The summed E-state index contributed by atoms with van der Waals surface area (Å²) in [6.07, 6.45) is 2.55. The van der Waals surface area contributed by atoms with Crippen LogP contribution in [-0.2, 0) is 11.3 Å². The molecular formula is C24H27BrFN4O. The van der Waals surface area contributed by atoms with Crippen LogP contribution < -0.4 is 11.1 Å². The SMILES string of the molecule is CC(C)([CH]c1nc(-c2cccc(Br)c2)cn1Cc1ccccc1)C(=O)NC[C@H](F)CN. The van der Waals surface area contributed by atoms with Crippen molar-refractivity contribution in [1.29, 1.82) is 0 Å². The minimum Gasteiger partial charge on any atom is -0.353 e. The fourth-order valence-electron chi connectivity index (χ4n) is 3.14. The lowest BCUT2D eigenvalue weighted by Gasteiger charge is -2.23. The lowest BCUT2D eigenvalue weighted by molar-refractivity contribution is -0.127. The summed E-state index contributed by atoms with van der Waals surface area (Å²) in [5.74, 6) is 0.400. The van der Waals surface area contributed by atoms with Crippen molar-refractivity contribution in [3.63, 3.8) is 0 Å². The summed E-state index contributed by atoms with van der Waals surface area (Å²) in [7, 11) is 0. The van der Waals surface area contributed by atoms with Gasteiger partial charge in [-0.3, -0.25) is 4.79 Å². The van der Waals surface area contributed by atoms with Gasteiger partial charge < -0.3 is 15.6 Å². The number of hydrogen-bond acceptors (Lipinski definition) is 3. The number of benzene rings is 2. The number of carbonyl (C=O) groups is 1. The molecule has 5 nitrogen and oxygen atoms in total. The number of aromatic nitrogens is 2. The lowest BCUT2D eigenvalue weighted by Crippen LogP contribution is -2.42. The van der Waals surface area contributed by atoms with E-state index in [2.05, 4.69) is 33.4 Å².